The normalized spacial score (nSPS) is 17.4. The minimum absolute atomic E-state index is 0.366. The zero-order chi connectivity index (χ0) is 9.41. The Balaban J connectivity index is 3.02. The van der Waals surface area contributed by atoms with Gasteiger partial charge in [-0.25, -0.2) is 0 Å². The number of alkyl halides is 3. The summed E-state index contributed by atoms with van der Waals surface area (Å²) in [5.74, 6) is 0. The molecule has 1 atom stereocenters. The van der Waals surface area contributed by atoms with E-state index in [1.165, 1.54) is 0 Å². The molecule has 3 nitrogen and oxygen atoms in total. The minimum Gasteiger partial charge on any atom is -0.375 e. The van der Waals surface area contributed by atoms with Crippen LogP contribution in [0.3, 0.4) is 0 Å². The fraction of sp³-hybridized carbons (Fsp3) is 0.500. The van der Waals surface area contributed by atoms with Crippen molar-refractivity contribution in [2.24, 2.45) is 0 Å². The largest absolute Gasteiger partial charge is 0.422 e. The molecule has 1 aromatic heterocycles. The number of aromatic nitrogens is 2. The highest BCUT2D eigenvalue weighted by Gasteiger charge is 2.52. The highest BCUT2D eigenvalue weighted by atomic mass is 19.4. The van der Waals surface area contributed by atoms with Crippen molar-refractivity contribution < 1.29 is 18.3 Å². The van der Waals surface area contributed by atoms with Crippen LogP contribution in [0.15, 0.2) is 12.3 Å². The van der Waals surface area contributed by atoms with E-state index in [1.807, 2.05) is 0 Å². The van der Waals surface area contributed by atoms with E-state index in [0.717, 1.165) is 12.3 Å². The van der Waals surface area contributed by atoms with Gasteiger partial charge in [-0.3, -0.25) is 5.10 Å². The summed E-state index contributed by atoms with van der Waals surface area (Å²) in [7, 11) is 0. The number of nitrogens with zero attached hydrogens (tertiary/aromatic N) is 1. The zero-order valence-corrected chi connectivity index (χ0v) is 6.18. The second kappa shape index (κ2) is 2.48. The molecule has 0 radical (unpaired) electrons. The van der Waals surface area contributed by atoms with Crippen LogP contribution < -0.4 is 0 Å². The van der Waals surface area contributed by atoms with Gasteiger partial charge in [0.15, 0.2) is 5.60 Å². The number of rotatable bonds is 1. The van der Waals surface area contributed by atoms with Crippen LogP contribution in [0.1, 0.15) is 12.6 Å². The molecule has 1 aromatic rings. The van der Waals surface area contributed by atoms with Gasteiger partial charge in [0.25, 0.3) is 0 Å². The van der Waals surface area contributed by atoms with Crippen molar-refractivity contribution in [2.75, 3.05) is 0 Å². The predicted octanol–water partition coefficient (Wildman–Crippen LogP) is 1.18. The number of hydrogen-bond donors (Lipinski definition) is 2. The van der Waals surface area contributed by atoms with Crippen LogP contribution in [0.25, 0.3) is 0 Å². The fourth-order valence-electron chi connectivity index (χ4n) is 0.680. The second-order valence-corrected chi connectivity index (χ2v) is 2.54. The first-order chi connectivity index (χ1) is 5.36. The lowest BCUT2D eigenvalue weighted by atomic mass is 10.0. The van der Waals surface area contributed by atoms with Gasteiger partial charge < -0.3 is 5.11 Å². The molecule has 68 valence electrons. The molecule has 0 amide bonds. The van der Waals surface area contributed by atoms with Crippen LogP contribution in [0.5, 0.6) is 0 Å². The van der Waals surface area contributed by atoms with Crippen molar-refractivity contribution in [2.45, 2.75) is 18.7 Å². The molecule has 12 heavy (non-hydrogen) atoms. The Morgan fingerprint density at radius 3 is 2.42 bits per heavy atom. The molecule has 1 unspecified atom stereocenters. The van der Waals surface area contributed by atoms with Gasteiger partial charge in [-0.1, -0.05) is 0 Å². The molecule has 0 saturated carbocycles. The van der Waals surface area contributed by atoms with E-state index >= 15 is 0 Å². The summed E-state index contributed by atoms with van der Waals surface area (Å²) in [6.07, 6.45) is -3.55. The van der Waals surface area contributed by atoms with E-state index in [9.17, 15) is 13.2 Å². The summed E-state index contributed by atoms with van der Waals surface area (Å²) >= 11 is 0. The van der Waals surface area contributed by atoms with Crippen LogP contribution in [0.4, 0.5) is 13.2 Å². The van der Waals surface area contributed by atoms with Gasteiger partial charge in [-0.15, -0.1) is 0 Å². The topological polar surface area (TPSA) is 48.9 Å². The minimum atomic E-state index is -4.69. The molecular weight excluding hydrogens is 173 g/mol. The molecule has 1 heterocycles. The van der Waals surface area contributed by atoms with Gasteiger partial charge in [0.2, 0.25) is 0 Å². The van der Waals surface area contributed by atoms with Crippen molar-refractivity contribution >= 4 is 0 Å². The molecule has 0 fully saturated rings. The molecule has 0 aromatic carbocycles. The van der Waals surface area contributed by atoms with Crippen LogP contribution in [0, 0.1) is 0 Å². The molecule has 2 N–H and O–H groups in total. The lowest BCUT2D eigenvalue weighted by Crippen LogP contribution is -2.39. The standard InChI is InChI=1S/C6H7F3N2O/c1-5(12,6(7,8)9)4-2-3-10-11-4/h2-3,12H,1H3,(H,10,11). The van der Waals surface area contributed by atoms with Gasteiger partial charge in [-0.2, -0.15) is 18.3 Å². The molecule has 1 rings (SSSR count). The third kappa shape index (κ3) is 1.29. The smallest absolute Gasteiger partial charge is 0.375 e. The first-order valence-electron chi connectivity index (χ1n) is 3.14. The highest BCUT2D eigenvalue weighted by molar-refractivity contribution is 5.10. The molecule has 0 aliphatic heterocycles. The fourth-order valence-corrected chi connectivity index (χ4v) is 0.680. The van der Waals surface area contributed by atoms with Crippen LogP contribution >= 0.6 is 0 Å². The Kier molecular flexibility index (Phi) is 1.87. The number of nitrogens with one attached hydrogen (secondary N) is 1. The van der Waals surface area contributed by atoms with Crippen LogP contribution in [0.2, 0.25) is 0 Å². The molecule has 0 spiro atoms. The summed E-state index contributed by atoms with van der Waals surface area (Å²) < 4.78 is 36.3. The van der Waals surface area contributed by atoms with Crippen molar-refractivity contribution in [3.63, 3.8) is 0 Å². The Hall–Kier alpha value is -1.04. The first-order valence-corrected chi connectivity index (χ1v) is 3.14. The molecule has 6 heteroatoms. The lowest BCUT2D eigenvalue weighted by molar-refractivity contribution is -0.260. The maximum Gasteiger partial charge on any atom is 0.422 e. The third-order valence-corrected chi connectivity index (χ3v) is 1.58. The van der Waals surface area contributed by atoms with Crippen molar-refractivity contribution in [1.29, 1.82) is 0 Å². The highest BCUT2D eigenvalue weighted by Crippen LogP contribution is 2.36. The molecule has 0 aliphatic rings. The Bertz CT molecular complexity index is 252. The van der Waals surface area contributed by atoms with Crippen LogP contribution in [-0.4, -0.2) is 21.5 Å². The Morgan fingerprint density at radius 1 is 1.50 bits per heavy atom. The number of hydrogen-bond acceptors (Lipinski definition) is 2. The average molecular weight is 180 g/mol. The van der Waals surface area contributed by atoms with E-state index in [-0.39, 0.29) is 5.69 Å². The van der Waals surface area contributed by atoms with Crippen molar-refractivity contribution in [3.8, 4) is 0 Å². The number of aliphatic hydroxyl groups is 1. The molecule has 0 saturated heterocycles. The van der Waals surface area contributed by atoms with E-state index in [1.54, 1.807) is 0 Å². The van der Waals surface area contributed by atoms with Crippen molar-refractivity contribution in [1.82, 2.24) is 10.2 Å². The first kappa shape index (κ1) is 9.05. The van der Waals surface area contributed by atoms with Crippen LogP contribution in [-0.2, 0) is 5.60 Å². The Labute approximate surface area is 66.2 Å². The zero-order valence-electron chi connectivity index (χ0n) is 6.18. The molecule has 0 aliphatic carbocycles. The van der Waals surface area contributed by atoms with Gasteiger partial charge in [-0.05, 0) is 13.0 Å². The van der Waals surface area contributed by atoms with E-state index in [4.69, 9.17) is 5.11 Å². The van der Waals surface area contributed by atoms with E-state index < -0.39 is 11.8 Å². The summed E-state index contributed by atoms with van der Waals surface area (Å²) in [6.45, 7) is 0.667. The van der Waals surface area contributed by atoms with Crippen molar-refractivity contribution in [3.05, 3.63) is 18.0 Å². The van der Waals surface area contributed by atoms with E-state index in [0.29, 0.717) is 6.92 Å². The summed E-state index contributed by atoms with van der Waals surface area (Å²) in [6, 6.07) is 1.08. The molecular formula is C6H7F3N2O. The lowest BCUT2D eigenvalue weighted by Gasteiger charge is -2.24. The second-order valence-electron chi connectivity index (χ2n) is 2.54. The maximum atomic E-state index is 12.1. The maximum absolute atomic E-state index is 12.1. The van der Waals surface area contributed by atoms with Gasteiger partial charge in [0.05, 0.1) is 5.69 Å². The van der Waals surface area contributed by atoms with E-state index in [2.05, 4.69) is 10.2 Å². The summed E-state index contributed by atoms with van der Waals surface area (Å²) in [4.78, 5) is 0. The monoisotopic (exact) mass is 180 g/mol. The average Bonchev–Trinajstić information content (AvgIpc) is 2.34. The predicted molar refractivity (Wildman–Crippen MR) is 34.2 cm³/mol. The quantitative estimate of drug-likeness (QED) is 0.681. The van der Waals surface area contributed by atoms with Gasteiger partial charge in [0.1, 0.15) is 0 Å². The summed E-state index contributed by atoms with van der Waals surface area (Å²) in [5.41, 5.74) is -3.22. The third-order valence-electron chi connectivity index (χ3n) is 1.58. The number of aromatic amines is 1. The van der Waals surface area contributed by atoms with Gasteiger partial charge in [0, 0.05) is 6.20 Å². The summed E-state index contributed by atoms with van der Waals surface area (Å²) in [5, 5.41) is 14.4. The Morgan fingerprint density at radius 2 is 2.08 bits per heavy atom. The molecule has 0 bridgehead atoms. The number of halogens is 3. The number of H-pyrrole nitrogens is 1. The SMILES string of the molecule is CC(O)(c1ccn[nH]1)C(F)(F)F. The van der Waals surface area contributed by atoms with Gasteiger partial charge >= 0.3 is 6.18 Å².